The molecule has 0 aliphatic rings. The second-order valence-corrected chi connectivity index (χ2v) is 8.12. The lowest BCUT2D eigenvalue weighted by molar-refractivity contribution is -0.143. The highest BCUT2D eigenvalue weighted by molar-refractivity contribution is 5.95. The third-order valence-electron chi connectivity index (χ3n) is 5.01. The number of hydrogen-bond donors (Lipinski definition) is 10. The van der Waals surface area contributed by atoms with Gasteiger partial charge >= 0.3 is 11.9 Å². The summed E-state index contributed by atoms with van der Waals surface area (Å²) in [4.78, 5) is 71.2. The third-order valence-corrected chi connectivity index (χ3v) is 5.01. The lowest BCUT2D eigenvalue weighted by Crippen LogP contribution is -2.58. The molecule has 3 amide bonds. The molecule has 1 heterocycles. The van der Waals surface area contributed by atoms with Crippen molar-refractivity contribution in [2.45, 2.75) is 62.9 Å². The summed E-state index contributed by atoms with van der Waals surface area (Å²) in [6, 6.07) is -5.82. The molecule has 0 saturated heterocycles. The van der Waals surface area contributed by atoms with Crippen molar-refractivity contribution in [3.05, 3.63) is 18.2 Å². The predicted octanol–water partition coefficient (Wildman–Crippen LogP) is -4.27. The van der Waals surface area contributed by atoms with E-state index in [0.29, 0.717) is 5.69 Å². The average Bonchev–Trinajstić information content (AvgIpc) is 3.31. The zero-order chi connectivity index (χ0) is 28.1. The van der Waals surface area contributed by atoms with Crippen molar-refractivity contribution in [3.8, 4) is 0 Å². The van der Waals surface area contributed by atoms with E-state index in [1.54, 1.807) is 0 Å². The van der Waals surface area contributed by atoms with Gasteiger partial charge in [0.05, 0.1) is 18.9 Å². The molecular weight excluding hydrogens is 494 g/mol. The van der Waals surface area contributed by atoms with Crippen molar-refractivity contribution in [3.63, 3.8) is 0 Å². The largest absolute Gasteiger partial charge is 0.481 e. The van der Waals surface area contributed by atoms with Crippen LogP contribution in [0.4, 0.5) is 0 Å². The number of amides is 3. The van der Waals surface area contributed by atoms with Gasteiger partial charge in [0, 0.05) is 24.9 Å². The molecule has 13 N–H and O–H groups in total. The number of carbonyl (C=O) groups is 5. The van der Waals surface area contributed by atoms with Gasteiger partial charge in [0.15, 0.2) is 5.96 Å². The molecule has 0 radical (unpaired) electrons. The van der Waals surface area contributed by atoms with Crippen LogP contribution in [0.5, 0.6) is 0 Å². The van der Waals surface area contributed by atoms with Crippen molar-refractivity contribution in [1.82, 2.24) is 25.9 Å². The Hall–Kier alpha value is -4.25. The maximum atomic E-state index is 13.0. The number of aliphatic hydroxyl groups excluding tert-OH is 1. The Morgan fingerprint density at radius 3 is 2.14 bits per heavy atom. The van der Waals surface area contributed by atoms with Gasteiger partial charge in [0.2, 0.25) is 17.7 Å². The molecule has 0 aliphatic carbocycles. The van der Waals surface area contributed by atoms with Crippen LogP contribution >= 0.6 is 0 Å². The highest BCUT2D eigenvalue weighted by Crippen LogP contribution is 2.05. The fourth-order valence-corrected chi connectivity index (χ4v) is 3.00. The number of aromatic amines is 1. The molecule has 0 aliphatic heterocycles. The number of nitrogens with zero attached hydrogens (tertiary/aromatic N) is 2. The van der Waals surface area contributed by atoms with E-state index in [4.69, 9.17) is 17.2 Å². The number of aliphatic imine (C=N–C) groups is 1. The number of nitrogens with two attached hydrogens (primary N) is 3. The summed E-state index contributed by atoms with van der Waals surface area (Å²) >= 11 is 0. The van der Waals surface area contributed by atoms with Crippen molar-refractivity contribution < 1.29 is 39.3 Å². The van der Waals surface area contributed by atoms with Gasteiger partial charge in [-0.15, -0.1) is 0 Å². The molecular formula is C20H33N9O8. The van der Waals surface area contributed by atoms with Crippen molar-refractivity contribution in [1.29, 1.82) is 0 Å². The van der Waals surface area contributed by atoms with E-state index in [-0.39, 0.29) is 31.8 Å². The standard InChI is InChI=1S/C20H33N9O8/c1-9(30)15(21)18(35)27-11(3-2-4-25-20(22)23)16(33)28-12(6-14(31)32)17(34)29-13(19(36)37)5-10-7-24-8-26-10/h7-9,11-13,15,30H,2-6,21H2,1H3,(H,24,26)(H,27,35)(H,28,33)(H,29,34)(H,31,32)(H,36,37)(H4,22,23,25). The minimum atomic E-state index is -1.68. The Balaban J connectivity index is 3.02. The van der Waals surface area contributed by atoms with Crippen molar-refractivity contribution in [2.75, 3.05) is 6.54 Å². The van der Waals surface area contributed by atoms with E-state index < -0.39 is 66.4 Å². The summed E-state index contributed by atoms with van der Waals surface area (Å²) < 4.78 is 0. The number of nitrogens with one attached hydrogen (secondary N) is 4. The van der Waals surface area contributed by atoms with Crippen LogP contribution in [0.3, 0.4) is 0 Å². The van der Waals surface area contributed by atoms with E-state index in [0.717, 1.165) is 0 Å². The van der Waals surface area contributed by atoms with E-state index in [1.807, 2.05) is 0 Å². The van der Waals surface area contributed by atoms with Gasteiger partial charge in [0.1, 0.15) is 24.2 Å². The number of carbonyl (C=O) groups excluding carboxylic acids is 3. The zero-order valence-corrected chi connectivity index (χ0v) is 20.1. The first kappa shape index (κ1) is 30.8. The number of imidazole rings is 1. The van der Waals surface area contributed by atoms with Crippen LogP contribution in [-0.4, -0.2) is 97.7 Å². The molecule has 0 bridgehead atoms. The van der Waals surface area contributed by atoms with Gasteiger partial charge < -0.3 is 53.5 Å². The summed E-state index contributed by atoms with van der Waals surface area (Å²) in [7, 11) is 0. The predicted molar refractivity (Wildman–Crippen MR) is 128 cm³/mol. The lowest BCUT2D eigenvalue weighted by Gasteiger charge is -2.25. The fourth-order valence-electron chi connectivity index (χ4n) is 3.00. The average molecular weight is 528 g/mol. The number of aliphatic hydroxyl groups is 1. The maximum Gasteiger partial charge on any atom is 0.326 e. The van der Waals surface area contributed by atoms with E-state index in [1.165, 1.54) is 19.4 Å². The number of hydrogen-bond acceptors (Lipinski definition) is 9. The molecule has 0 fully saturated rings. The van der Waals surface area contributed by atoms with Gasteiger partial charge in [-0.25, -0.2) is 9.78 Å². The Morgan fingerprint density at radius 1 is 1.03 bits per heavy atom. The fraction of sp³-hybridized carbons (Fsp3) is 0.550. The van der Waals surface area contributed by atoms with Crippen molar-refractivity contribution in [2.24, 2.45) is 22.2 Å². The van der Waals surface area contributed by atoms with Crippen LogP contribution in [0.1, 0.15) is 31.9 Å². The van der Waals surface area contributed by atoms with Gasteiger partial charge in [-0.1, -0.05) is 0 Å². The number of rotatable bonds is 16. The van der Waals surface area contributed by atoms with E-state index in [9.17, 15) is 39.3 Å². The molecule has 1 aromatic rings. The lowest BCUT2D eigenvalue weighted by atomic mass is 10.1. The number of carboxylic acids is 2. The summed E-state index contributed by atoms with van der Waals surface area (Å²) in [5.74, 6) is -5.94. The second-order valence-electron chi connectivity index (χ2n) is 8.12. The molecule has 0 aromatic carbocycles. The first-order valence-electron chi connectivity index (χ1n) is 11.1. The van der Waals surface area contributed by atoms with Crippen LogP contribution in [0.25, 0.3) is 0 Å². The van der Waals surface area contributed by atoms with E-state index >= 15 is 0 Å². The Morgan fingerprint density at radius 2 is 1.62 bits per heavy atom. The van der Waals surface area contributed by atoms with Gasteiger partial charge in [0.25, 0.3) is 0 Å². The highest BCUT2D eigenvalue weighted by Gasteiger charge is 2.32. The quantitative estimate of drug-likeness (QED) is 0.0555. The molecule has 0 spiro atoms. The summed E-state index contributed by atoms with van der Waals surface area (Å²) in [6.45, 7) is 1.37. The van der Waals surface area contributed by atoms with Gasteiger partial charge in [-0.2, -0.15) is 0 Å². The number of H-pyrrole nitrogens is 1. The topological polar surface area (TPSA) is 301 Å². The smallest absolute Gasteiger partial charge is 0.326 e. The minimum Gasteiger partial charge on any atom is -0.481 e. The number of aliphatic carboxylic acids is 2. The summed E-state index contributed by atoms with van der Waals surface area (Å²) in [6.07, 6.45) is 0.520. The van der Waals surface area contributed by atoms with E-state index in [2.05, 4.69) is 30.9 Å². The zero-order valence-electron chi connectivity index (χ0n) is 20.1. The normalized spacial score (nSPS) is 14.8. The van der Waals surface area contributed by atoms with Crippen LogP contribution < -0.4 is 33.2 Å². The molecule has 0 saturated carbocycles. The third kappa shape index (κ3) is 11.4. The Labute approximate surface area is 211 Å². The van der Waals surface area contributed by atoms with Crippen LogP contribution in [-0.2, 0) is 30.4 Å². The Kier molecular flexibility index (Phi) is 12.5. The molecule has 17 nitrogen and oxygen atoms in total. The molecule has 5 atom stereocenters. The molecule has 206 valence electrons. The maximum absolute atomic E-state index is 13.0. The molecule has 5 unspecified atom stereocenters. The summed E-state index contributed by atoms with van der Waals surface area (Å²) in [5.41, 5.74) is 16.5. The molecule has 17 heteroatoms. The SMILES string of the molecule is CC(O)C(N)C(=O)NC(CCCN=C(N)N)C(=O)NC(CC(=O)O)C(=O)NC(Cc1cnc[nH]1)C(=O)O. The number of aromatic nitrogens is 2. The molecule has 1 aromatic heterocycles. The van der Waals surface area contributed by atoms with Crippen molar-refractivity contribution >= 4 is 35.6 Å². The minimum absolute atomic E-state index is 0.0418. The molecule has 1 rings (SSSR count). The van der Waals surface area contributed by atoms with Crippen LogP contribution in [0, 0.1) is 0 Å². The molecule has 37 heavy (non-hydrogen) atoms. The first-order chi connectivity index (χ1) is 17.3. The second kappa shape index (κ2) is 15.0. The number of carboxylic acid groups (broad SMARTS) is 2. The summed E-state index contributed by atoms with van der Waals surface area (Å²) in [5, 5.41) is 35.0. The van der Waals surface area contributed by atoms with Crippen LogP contribution in [0.2, 0.25) is 0 Å². The first-order valence-corrected chi connectivity index (χ1v) is 11.1. The van der Waals surface area contributed by atoms with Gasteiger partial charge in [-0.3, -0.25) is 24.2 Å². The Bertz CT molecular complexity index is 963. The highest BCUT2D eigenvalue weighted by atomic mass is 16.4. The van der Waals surface area contributed by atoms with Gasteiger partial charge in [-0.05, 0) is 19.8 Å². The number of guanidine groups is 1. The monoisotopic (exact) mass is 527 g/mol. The van der Waals surface area contributed by atoms with Crippen LogP contribution in [0.15, 0.2) is 17.5 Å².